The molecule has 0 aromatic heterocycles. The molecule has 4 heteroatoms. The van der Waals surface area contributed by atoms with Gasteiger partial charge in [-0.2, -0.15) is 0 Å². The Balaban J connectivity index is 2.24. The number of fused-ring (bicyclic) bond motifs is 1. The zero-order valence-corrected chi connectivity index (χ0v) is 19.1. The lowest BCUT2D eigenvalue weighted by molar-refractivity contribution is 0.00578. The van der Waals surface area contributed by atoms with Gasteiger partial charge in [-0.15, -0.1) is 11.8 Å². The largest absolute Gasteiger partial charge is 0.496 e. The molecule has 2 aromatic rings. The first kappa shape index (κ1) is 20.8. The Morgan fingerprint density at radius 1 is 1.00 bits per heavy atom. The van der Waals surface area contributed by atoms with Crippen LogP contribution in [0.1, 0.15) is 59.6 Å². The minimum atomic E-state index is -0.334. The Bertz CT molecular complexity index is 849. The quantitative estimate of drug-likeness (QED) is 0.495. The van der Waals surface area contributed by atoms with Crippen molar-refractivity contribution in [3.05, 3.63) is 35.4 Å². The van der Waals surface area contributed by atoms with Crippen LogP contribution in [0.15, 0.2) is 29.2 Å². The van der Waals surface area contributed by atoms with Crippen molar-refractivity contribution < 1.29 is 9.31 Å². The first-order valence-electron chi connectivity index (χ1n) is 9.80. The predicted octanol–water partition coefficient (Wildman–Crippen LogP) is 5.76. The molecule has 1 aliphatic heterocycles. The summed E-state index contributed by atoms with van der Waals surface area (Å²) in [7, 11) is -0.332. The number of thioether (sulfide) groups is 1. The second kappa shape index (κ2) is 6.82. The second-order valence-corrected chi connectivity index (χ2v) is 10.8. The van der Waals surface area contributed by atoms with E-state index >= 15 is 0 Å². The van der Waals surface area contributed by atoms with Crippen LogP contribution in [0.3, 0.4) is 0 Å². The van der Waals surface area contributed by atoms with Gasteiger partial charge in [0.25, 0.3) is 0 Å². The van der Waals surface area contributed by atoms with Crippen LogP contribution < -0.4 is 5.46 Å². The lowest BCUT2D eigenvalue weighted by Crippen LogP contribution is -2.41. The van der Waals surface area contributed by atoms with Gasteiger partial charge in [0.05, 0.1) is 11.2 Å². The highest BCUT2D eigenvalue weighted by Gasteiger charge is 2.52. The molecule has 1 aliphatic rings. The molecule has 0 bridgehead atoms. The molecule has 2 nitrogen and oxygen atoms in total. The summed E-state index contributed by atoms with van der Waals surface area (Å²) in [6, 6.07) is 9.05. The van der Waals surface area contributed by atoms with Crippen molar-refractivity contribution >= 4 is 35.1 Å². The maximum atomic E-state index is 6.42. The van der Waals surface area contributed by atoms with E-state index in [1.807, 2.05) is 11.8 Å². The lowest BCUT2D eigenvalue weighted by atomic mass is 9.75. The fourth-order valence-electron chi connectivity index (χ4n) is 3.70. The summed E-state index contributed by atoms with van der Waals surface area (Å²) in [4.78, 5) is 1.31. The molecule has 1 heterocycles. The topological polar surface area (TPSA) is 18.5 Å². The summed E-state index contributed by atoms with van der Waals surface area (Å²) in [6.45, 7) is 17.5. The van der Waals surface area contributed by atoms with Gasteiger partial charge >= 0.3 is 7.12 Å². The van der Waals surface area contributed by atoms with Crippen molar-refractivity contribution in [1.29, 1.82) is 0 Å². The normalized spacial score (nSPS) is 19.1. The van der Waals surface area contributed by atoms with E-state index in [1.54, 1.807) is 0 Å². The molecule has 146 valence electrons. The van der Waals surface area contributed by atoms with E-state index in [9.17, 15) is 0 Å². The van der Waals surface area contributed by atoms with Crippen LogP contribution in [0.4, 0.5) is 0 Å². The van der Waals surface area contributed by atoms with Crippen LogP contribution in [-0.2, 0) is 15.7 Å². The summed E-state index contributed by atoms with van der Waals surface area (Å²) in [6.07, 6.45) is 3.19. The number of aryl methyl sites for hydroxylation is 1. The van der Waals surface area contributed by atoms with Crippen molar-refractivity contribution in [3.8, 4) is 0 Å². The standard InChI is InChI=1S/C23H33BO2S/c1-15-10-11-17-16(12-15)13-19(20(27-9)18(17)14-21(2,3)4)24-25-22(5,6)23(7,8)26-24/h10-13H,14H2,1-9H3. The molecule has 0 amide bonds. The SMILES string of the molecule is CSc1c(B2OC(C)(C)C(C)(C)O2)cc2cc(C)ccc2c1CC(C)(C)C. The number of rotatable bonds is 3. The summed E-state index contributed by atoms with van der Waals surface area (Å²) >= 11 is 1.81. The van der Waals surface area contributed by atoms with E-state index in [0.29, 0.717) is 0 Å². The van der Waals surface area contributed by atoms with Gasteiger partial charge in [0.15, 0.2) is 0 Å². The summed E-state index contributed by atoms with van der Waals surface area (Å²) in [5.74, 6) is 0. The van der Waals surface area contributed by atoms with E-state index in [0.717, 1.165) is 6.42 Å². The Kier molecular flexibility index (Phi) is 5.25. The molecule has 3 rings (SSSR count). The average Bonchev–Trinajstić information content (AvgIpc) is 2.73. The summed E-state index contributed by atoms with van der Waals surface area (Å²) in [5, 5.41) is 2.62. The monoisotopic (exact) mass is 384 g/mol. The van der Waals surface area contributed by atoms with Crippen LogP contribution in [0.2, 0.25) is 0 Å². The first-order valence-corrected chi connectivity index (χ1v) is 11.0. The minimum Gasteiger partial charge on any atom is -0.399 e. The van der Waals surface area contributed by atoms with Crippen molar-refractivity contribution in [2.45, 2.75) is 77.9 Å². The maximum Gasteiger partial charge on any atom is 0.496 e. The molecule has 0 spiro atoms. The Labute approximate surface area is 169 Å². The van der Waals surface area contributed by atoms with Gasteiger partial charge in [-0.3, -0.25) is 0 Å². The van der Waals surface area contributed by atoms with Crippen molar-refractivity contribution in [3.63, 3.8) is 0 Å². The third-order valence-electron chi connectivity index (χ3n) is 5.80. The molecule has 1 saturated heterocycles. The highest BCUT2D eigenvalue weighted by atomic mass is 32.2. The third-order valence-corrected chi connectivity index (χ3v) is 6.69. The summed E-state index contributed by atoms with van der Waals surface area (Å²) in [5.41, 5.74) is 3.39. The molecule has 2 aromatic carbocycles. The van der Waals surface area contributed by atoms with Crippen molar-refractivity contribution in [1.82, 2.24) is 0 Å². The molecule has 0 N–H and O–H groups in total. The van der Waals surface area contributed by atoms with Gasteiger partial charge in [0, 0.05) is 4.90 Å². The van der Waals surface area contributed by atoms with Crippen LogP contribution in [0.25, 0.3) is 10.8 Å². The van der Waals surface area contributed by atoms with Gasteiger partial charge in [0.2, 0.25) is 0 Å². The van der Waals surface area contributed by atoms with Crippen LogP contribution in [-0.4, -0.2) is 24.6 Å². The maximum absolute atomic E-state index is 6.42. The van der Waals surface area contributed by atoms with E-state index < -0.39 is 0 Å². The Morgan fingerprint density at radius 2 is 1.59 bits per heavy atom. The molecular formula is C23H33BO2S. The minimum absolute atomic E-state index is 0.205. The smallest absolute Gasteiger partial charge is 0.399 e. The molecule has 27 heavy (non-hydrogen) atoms. The van der Waals surface area contributed by atoms with Crippen molar-refractivity contribution in [2.24, 2.45) is 5.41 Å². The molecule has 1 fully saturated rings. The molecular weight excluding hydrogens is 351 g/mol. The number of hydrogen-bond acceptors (Lipinski definition) is 3. The first-order chi connectivity index (χ1) is 12.3. The summed E-state index contributed by atoms with van der Waals surface area (Å²) < 4.78 is 12.8. The fraction of sp³-hybridized carbons (Fsp3) is 0.565. The van der Waals surface area contributed by atoms with Gasteiger partial charge in [0.1, 0.15) is 0 Å². The third kappa shape index (κ3) is 3.94. The molecule has 0 unspecified atom stereocenters. The van der Waals surface area contributed by atoms with Gasteiger partial charge in [-0.25, -0.2) is 0 Å². The van der Waals surface area contributed by atoms with Gasteiger partial charge in [-0.1, -0.05) is 50.6 Å². The molecule has 0 aliphatic carbocycles. The zero-order valence-electron chi connectivity index (χ0n) is 18.3. The van der Waals surface area contributed by atoms with Crippen LogP contribution in [0, 0.1) is 12.3 Å². The van der Waals surface area contributed by atoms with E-state index in [-0.39, 0.29) is 23.7 Å². The molecule has 0 saturated carbocycles. The predicted molar refractivity (Wildman–Crippen MR) is 119 cm³/mol. The van der Waals surface area contributed by atoms with Gasteiger partial charge < -0.3 is 9.31 Å². The highest BCUT2D eigenvalue weighted by Crippen LogP contribution is 2.39. The van der Waals surface area contributed by atoms with Gasteiger partial charge in [-0.05, 0) is 74.5 Å². The fourth-order valence-corrected chi connectivity index (χ4v) is 4.52. The van der Waals surface area contributed by atoms with E-state index in [4.69, 9.17) is 9.31 Å². The lowest BCUT2D eigenvalue weighted by Gasteiger charge is -2.32. The molecule has 0 radical (unpaired) electrons. The van der Waals surface area contributed by atoms with E-state index in [1.165, 1.54) is 32.3 Å². The number of hydrogen-bond donors (Lipinski definition) is 0. The van der Waals surface area contributed by atoms with Crippen LogP contribution >= 0.6 is 11.8 Å². The molecule has 0 atom stereocenters. The Morgan fingerprint density at radius 3 is 2.11 bits per heavy atom. The average molecular weight is 384 g/mol. The zero-order chi connectivity index (χ0) is 20.2. The van der Waals surface area contributed by atoms with E-state index in [2.05, 4.69) is 85.9 Å². The second-order valence-electron chi connectivity index (χ2n) is 10.0. The van der Waals surface area contributed by atoms with Crippen molar-refractivity contribution in [2.75, 3.05) is 6.26 Å². The number of benzene rings is 2. The highest BCUT2D eigenvalue weighted by molar-refractivity contribution is 7.98. The van der Waals surface area contributed by atoms with Crippen LogP contribution in [0.5, 0.6) is 0 Å². The Hall–Kier alpha value is -0.965.